The summed E-state index contributed by atoms with van der Waals surface area (Å²) in [5.74, 6) is 0. The molecule has 1 N–H and O–H groups in total. The van der Waals surface area contributed by atoms with E-state index in [9.17, 15) is 0 Å². The summed E-state index contributed by atoms with van der Waals surface area (Å²) in [5, 5.41) is 3.74. The molecule has 3 heteroatoms. The summed E-state index contributed by atoms with van der Waals surface area (Å²) in [6, 6.07) is 2.72. The van der Waals surface area contributed by atoms with Gasteiger partial charge in [-0.25, -0.2) is 0 Å². The second-order valence-electron chi connectivity index (χ2n) is 6.00. The van der Waals surface area contributed by atoms with Gasteiger partial charge < -0.3 is 10.1 Å². The largest absolute Gasteiger partial charge is 0.378 e. The van der Waals surface area contributed by atoms with E-state index in [0.29, 0.717) is 17.6 Å². The summed E-state index contributed by atoms with van der Waals surface area (Å²) in [4.78, 5) is 4.22. The minimum absolute atomic E-state index is 0.451. The van der Waals surface area contributed by atoms with Crippen LogP contribution in [0.1, 0.15) is 43.7 Å². The van der Waals surface area contributed by atoms with Gasteiger partial charge in [0.2, 0.25) is 0 Å². The molecule has 2 aliphatic carbocycles. The lowest BCUT2D eigenvalue weighted by Crippen LogP contribution is -2.66. The number of hydrogen-bond acceptors (Lipinski definition) is 3. The summed E-state index contributed by atoms with van der Waals surface area (Å²) < 4.78 is 5.89. The van der Waals surface area contributed by atoms with Crippen molar-refractivity contribution in [2.45, 2.75) is 58.2 Å². The molecule has 1 spiro atoms. The van der Waals surface area contributed by atoms with Gasteiger partial charge in [0.25, 0.3) is 0 Å². The third kappa shape index (κ3) is 2.19. The van der Waals surface area contributed by atoms with Crippen molar-refractivity contribution in [1.82, 2.24) is 10.3 Å². The summed E-state index contributed by atoms with van der Waals surface area (Å²) in [6.45, 7) is 6.04. The van der Waals surface area contributed by atoms with Crippen molar-refractivity contribution >= 4 is 0 Å². The van der Waals surface area contributed by atoms with Gasteiger partial charge in [-0.15, -0.1) is 0 Å². The average molecular weight is 260 g/mol. The molecule has 2 unspecified atom stereocenters. The second kappa shape index (κ2) is 5.22. The molecule has 2 atom stereocenters. The molecule has 0 bridgehead atoms. The molecule has 1 heterocycles. The molecule has 0 aliphatic heterocycles. The maximum atomic E-state index is 5.89. The van der Waals surface area contributed by atoms with Crippen LogP contribution in [0, 0.1) is 12.3 Å². The molecule has 104 valence electrons. The zero-order valence-electron chi connectivity index (χ0n) is 12.0. The number of ether oxygens (including phenoxy) is 1. The Hall–Kier alpha value is -0.930. The summed E-state index contributed by atoms with van der Waals surface area (Å²) in [7, 11) is 0. The van der Waals surface area contributed by atoms with Crippen LogP contribution in [-0.4, -0.2) is 23.7 Å². The van der Waals surface area contributed by atoms with Crippen molar-refractivity contribution in [3.05, 3.63) is 29.6 Å². The van der Waals surface area contributed by atoms with Crippen LogP contribution in [0.2, 0.25) is 0 Å². The Morgan fingerprint density at radius 3 is 2.95 bits per heavy atom. The molecule has 19 heavy (non-hydrogen) atoms. The van der Waals surface area contributed by atoms with Gasteiger partial charge in [0.05, 0.1) is 6.10 Å². The number of pyridine rings is 1. The molecular weight excluding hydrogens is 236 g/mol. The molecule has 2 fully saturated rings. The molecule has 2 saturated carbocycles. The fraction of sp³-hybridized carbons (Fsp3) is 0.688. The third-order valence-electron chi connectivity index (χ3n) is 5.12. The van der Waals surface area contributed by atoms with Gasteiger partial charge in [0, 0.05) is 37.0 Å². The Morgan fingerprint density at radius 1 is 1.47 bits per heavy atom. The zero-order chi connectivity index (χ0) is 13.3. The molecular formula is C16H24N2O. The van der Waals surface area contributed by atoms with Gasteiger partial charge in [-0.2, -0.15) is 0 Å². The van der Waals surface area contributed by atoms with E-state index in [2.05, 4.69) is 30.2 Å². The molecule has 1 aromatic heterocycles. The third-order valence-corrected chi connectivity index (χ3v) is 5.12. The first-order chi connectivity index (χ1) is 9.26. The number of rotatable bonds is 5. The van der Waals surface area contributed by atoms with E-state index in [1.165, 1.54) is 36.8 Å². The quantitative estimate of drug-likeness (QED) is 0.884. The topological polar surface area (TPSA) is 34.1 Å². The average Bonchev–Trinajstić information content (AvgIpc) is 2.32. The molecule has 0 radical (unpaired) electrons. The van der Waals surface area contributed by atoms with Gasteiger partial charge in [-0.05, 0) is 50.3 Å². The van der Waals surface area contributed by atoms with Crippen LogP contribution in [0.25, 0.3) is 0 Å². The van der Waals surface area contributed by atoms with Crippen LogP contribution in [0.5, 0.6) is 0 Å². The van der Waals surface area contributed by atoms with E-state index >= 15 is 0 Å². The Balaban J connectivity index is 1.58. The minimum Gasteiger partial charge on any atom is -0.378 e. The predicted octanol–water partition coefficient (Wildman–Crippen LogP) is 2.83. The van der Waals surface area contributed by atoms with Gasteiger partial charge >= 0.3 is 0 Å². The highest BCUT2D eigenvalue weighted by atomic mass is 16.5. The van der Waals surface area contributed by atoms with E-state index in [1.54, 1.807) is 0 Å². The van der Waals surface area contributed by atoms with Crippen LogP contribution < -0.4 is 5.32 Å². The lowest BCUT2D eigenvalue weighted by Gasteiger charge is -2.61. The Morgan fingerprint density at radius 2 is 2.32 bits per heavy atom. The van der Waals surface area contributed by atoms with Gasteiger partial charge in [0.15, 0.2) is 0 Å². The maximum absolute atomic E-state index is 5.89. The fourth-order valence-corrected chi connectivity index (χ4v) is 3.64. The van der Waals surface area contributed by atoms with Crippen molar-refractivity contribution in [2.75, 3.05) is 6.61 Å². The second-order valence-corrected chi connectivity index (χ2v) is 6.00. The number of nitrogens with zero attached hydrogens (tertiary/aromatic N) is 1. The smallest absolute Gasteiger partial charge is 0.0661 e. The first kappa shape index (κ1) is 13.1. The van der Waals surface area contributed by atoms with E-state index in [-0.39, 0.29) is 0 Å². The predicted molar refractivity (Wildman–Crippen MR) is 75.9 cm³/mol. The molecule has 3 nitrogen and oxygen atoms in total. The molecule has 3 rings (SSSR count). The molecule has 0 amide bonds. The standard InChI is InChI=1S/C16H24N2O/c1-3-19-15-9-14(16(15)6-4-7-16)18-11-13-10-17-8-5-12(13)2/h5,8,10,14-15,18H,3-4,6-7,9,11H2,1-2H3. The zero-order valence-corrected chi connectivity index (χ0v) is 12.0. The highest BCUT2D eigenvalue weighted by Gasteiger charge is 2.58. The molecule has 1 aromatic rings. The summed E-state index contributed by atoms with van der Waals surface area (Å²) in [5.41, 5.74) is 3.09. The lowest BCUT2D eigenvalue weighted by molar-refractivity contribution is -0.173. The number of hydrogen-bond donors (Lipinski definition) is 1. The van der Waals surface area contributed by atoms with E-state index < -0.39 is 0 Å². The van der Waals surface area contributed by atoms with Crippen molar-refractivity contribution < 1.29 is 4.74 Å². The highest BCUT2D eigenvalue weighted by molar-refractivity contribution is 5.22. The van der Waals surface area contributed by atoms with Gasteiger partial charge in [0.1, 0.15) is 0 Å². The monoisotopic (exact) mass is 260 g/mol. The highest BCUT2D eigenvalue weighted by Crippen LogP contribution is 2.57. The normalized spacial score (nSPS) is 27.9. The molecule has 0 aromatic carbocycles. The maximum Gasteiger partial charge on any atom is 0.0661 e. The molecule has 0 saturated heterocycles. The number of aromatic nitrogens is 1. The summed E-state index contributed by atoms with van der Waals surface area (Å²) in [6.07, 6.45) is 9.55. The van der Waals surface area contributed by atoms with Crippen molar-refractivity contribution in [3.63, 3.8) is 0 Å². The van der Waals surface area contributed by atoms with Crippen LogP contribution in [0.15, 0.2) is 18.5 Å². The van der Waals surface area contributed by atoms with Crippen molar-refractivity contribution in [2.24, 2.45) is 5.41 Å². The Labute approximate surface area is 115 Å². The minimum atomic E-state index is 0.451. The van der Waals surface area contributed by atoms with E-state index in [1.807, 2.05) is 12.4 Å². The number of nitrogens with one attached hydrogen (secondary N) is 1. The van der Waals surface area contributed by atoms with Crippen molar-refractivity contribution in [3.8, 4) is 0 Å². The Bertz CT molecular complexity index is 442. The van der Waals surface area contributed by atoms with Crippen LogP contribution >= 0.6 is 0 Å². The van der Waals surface area contributed by atoms with Gasteiger partial charge in [-0.1, -0.05) is 6.42 Å². The lowest BCUT2D eigenvalue weighted by atomic mass is 9.51. The van der Waals surface area contributed by atoms with Gasteiger partial charge in [-0.3, -0.25) is 4.98 Å². The van der Waals surface area contributed by atoms with Crippen LogP contribution in [-0.2, 0) is 11.3 Å². The number of aryl methyl sites for hydroxylation is 1. The molecule has 2 aliphatic rings. The van der Waals surface area contributed by atoms with Crippen LogP contribution in [0.3, 0.4) is 0 Å². The first-order valence-corrected chi connectivity index (χ1v) is 7.51. The SMILES string of the molecule is CCOC1CC(NCc2cnccc2C)C12CCC2. The first-order valence-electron chi connectivity index (χ1n) is 7.51. The van der Waals surface area contributed by atoms with Crippen molar-refractivity contribution in [1.29, 1.82) is 0 Å². The van der Waals surface area contributed by atoms with Crippen LogP contribution in [0.4, 0.5) is 0 Å². The van der Waals surface area contributed by atoms with E-state index in [4.69, 9.17) is 4.74 Å². The Kier molecular flexibility index (Phi) is 3.59. The fourth-order valence-electron chi connectivity index (χ4n) is 3.64. The van der Waals surface area contributed by atoms with E-state index in [0.717, 1.165) is 13.2 Å². The summed E-state index contributed by atoms with van der Waals surface area (Å²) >= 11 is 0.